The van der Waals surface area contributed by atoms with E-state index in [4.69, 9.17) is 0 Å². The summed E-state index contributed by atoms with van der Waals surface area (Å²) in [4.78, 5) is 0.497. The van der Waals surface area contributed by atoms with Crippen molar-refractivity contribution < 1.29 is 8.42 Å². The second kappa shape index (κ2) is 3.30. The summed E-state index contributed by atoms with van der Waals surface area (Å²) in [6.07, 6.45) is 5.47. The molecule has 0 spiro atoms. The molecule has 0 N–H and O–H groups in total. The van der Waals surface area contributed by atoms with Gasteiger partial charge in [0.05, 0.1) is 5.25 Å². The zero-order chi connectivity index (χ0) is 9.19. The molecule has 0 aromatic carbocycles. The highest BCUT2D eigenvalue weighted by molar-refractivity contribution is 7.95. The molecule has 2 nitrogen and oxygen atoms in total. The Morgan fingerprint density at radius 3 is 2.58 bits per heavy atom. The monoisotopic (exact) mass is 184 g/mol. The van der Waals surface area contributed by atoms with E-state index < -0.39 is 9.84 Å². The lowest BCUT2D eigenvalue weighted by molar-refractivity contribution is 0.592. The standard InChI is InChI=1S/C9H12O2S/c1-8(2)12(10,11)9-6-4-3-5-7-9/h4-6,8H,7H2,1-2H3. The van der Waals surface area contributed by atoms with Gasteiger partial charge < -0.3 is 0 Å². The lowest BCUT2D eigenvalue weighted by Gasteiger charge is -2.10. The Hall–Kier alpha value is -0.790. The molecule has 66 valence electrons. The van der Waals surface area contributed by atoms with E-state index in [9.17, 15) is 8.42 Å². The molecule has 0 fully saturated rings. The fourth-order valence-electron chi connectivity index (χ4n) is 0.950. The molecule has 0 saturated heterocycles. The maximum absolute atomic E-state index is 11.5. The fourth-order valence-corrected chi connectivity index (χ4v) is 2.13. The predicted octanol–water partition coefficient (Wildman–Crippen LogP) is 1.81. The zero-order valence-corrected chi connectivity index (χ0v) is 8.06. The third-order valence-corrected chi connectivity index (χ3v) is 4.05. The highest BCUT2D eigenvalue weighted by atomic mass is 32.2. The van der Waals surface area contributed by atoms with Crippen molar-refractivity contribution in [2.75, 3.05) is 0 Å². The van der Waals surface area contributed by atoms with Crippen LogP contribution in [0.2, 0.25) is 0 Å². The number of sulfone groups is 1. The van der Waals surface area contributed by atoms with Gasteiger partial charge in [-0.25, -0.2) is 8.42 Å². The molecule has 1 rings (SSSR count). The van der Waals surface area contributed by atoms with Crippen molar-refractivity contribution in [1.29, 1.82) is 0 Å². The quantitative estimate of drug-likeness (QED) is 0.613. The topological polar surface area (TPSA) is 34.1 Å². The second-order valence-corrected chi connectivity index (χ2v) is 5.53. The van der Waals surface area contributed by atoms with Gasteiger partial charge in [0.1, 0.15) is 0 Å². The van der Waals surface area contributed by atoms with Crippen molar-refractivity contribution >= 4 is 9.84 Å². The van der Waals surface area contributed by atoms with Gasteiger partial charge in [-0.05, 0) is 32.1 Å². The molecule has 0 heterocycles. The van der Waals surface area contributed by atoms with Crippen LogP contribution in [0.1, 0.15) is 20.3 Å². The van der Waals surface area contributed by atoms with Crippen LogP contribution in [0.4, 0.5) is 0 Å². The average molecular weight is 184 g/mol. The van der Waals surface area contributed by atoms with Crippen LogP contribution < -0.4 is 0 Å². The molecule has 0 atom stereocenters. The minimum atomic E-state index is -3.04. The SMILES string of the molecule is CC(C)S(=O)(=O)C1=CC=C=CC1. The van der Waals surface area contributed by atoms with Crippen LogP contribution in [0.25, 0.3) is 0 Å². The first-order chi connectivity index (χ1) is 5.55. The Morgan fingerprint density at radius 2 is 2.17 bits per heavy atom. The minimum absolute atomic E-state index is 0.330. The van der Waals surface area contributed by atoms with E-state index in [2.05, 4.69) is 5.73 Å². The van der Waals surface area contributed by atoms with Gasteiger partial charge in [-0.1, -0.05) is 0 Å². The number of hydrogen-bond donors (Lipinski definition) is 0. The molecule has 12 heavy (non-hydrogen) atoms. The molecule has 0 amide bonds. The van der Waals surface area contributed by atoms with Crippen LogP contribution in [0.5, 0.6) is 0 Å². The van der Waals surface area contributed by atoms with Gasteiger partial charge in [-0.2, -0.15) is 0 Å². The predicted molar refractivity (Wildman–Crippen MR) is 49.4 cm³/mol. The minimum Gasteiger partial charge on any atom is -0.224 e. The molecule has 0 aromatic heterocycles. The molecule has 1 aliphatic carbocycles. The van der Waals surface area contributed by atoms with Crippen LogP contribution in [0.3, 0.4) is 0 Å². The maximum atomic E-state index is 11.5. The first kappa shape index (κ1) is 9.30. The summed E-state index contributed by atoms with van der Waals surface area (Å²) in [5.74, 6) is 0. The van der Waals surface area contributed by atoms with E-state index in [1.54, 1.807) is 32.1 Å². The summed E-state index contributed by atoms with van der Waals surface area (Å²) < 4.78 is 23.1. The van der Waals surface area contributed by atoms with Gasteiger partial charge >= 0.3 is 0 Å². The molecular weight excluding hydrogens is 172 g/mol. The number of rotatable bonds is 2. The Balaban J connectivity index is 3.01. The maximum Gasteiger partial charge on any atom is 0.177 e. The third-order valence-electron chi connectivity index (χ3n) is 1.77. The van der Waals surface area contributed by atoms with E-state index in [0.717, 1.165) is 0 Å². The molecule has 0 saturated carbocycles. The number of allylic oxidation sites excluding steroid dienone is 3. The van der Waals surface area contributed by atoms with E-state index in [1.165, 1.54) is 0 Å². The largest absolute Gasteiger partial charge is 0.224 e. The lowest BCUT2D eigenvalue weighted by Crippen LogP contribution is -2.16. The van der Waals surface area contributed by atoms with Gasteiger partial charge in [-0.3, -0.25) is 0 Å². The smallest absolute Gasteiger partial charge is 0.177 e. The van der Waals surface area contributed by atoms with Crippen LogP contribution in [-0.4, -0.2) is 13.7 Å². The van der Waals surface area contributed by atoms with Crippen molar-refractivity contribution in [2.24, 2.45) is 0 Å². The fraction of sp³-hybridized carbons (Fsp3) is 0.444. The van der Waals surface area contributed by atoms with Gasteiger partial charge in [-0.15, -0.1) is 5.73 Å². The molecule has 3 heteroatoms. The summed E-state index contributed by atoms with van der Waals surface area (Å²) in [6, 6.07) is 0. The molecular formula is C9H12O2S. The average Bonchev–Trinajstić information content (AvgIpc) is 2.06. The molecule has 0 unspecified atom stereocenters. The molecule has 1 aliphatic rings. The van der Waals surface area contributed by atoms with E-state index >= 15 is 0 Å². The van der Waals surface area contributed by atoms with Crippen molar-refractivity contribution in [3.63, 3.8) is 0 Å². The zero-order valence-electron chi connectivity index (χ0n) is 7.24. The normalized spacial score (nSPS) is 16.8. The van der Waals surface area contributed by atoms with Crippen LogP contribution in [0.15, 0.2) is 28.9 Å². The van der Waals surface area contributed by atoms with E-state index in [1.807, 2.05) is 0 Å². The van der Waals surface area contributed by atoms with Gasteiger partial charge in [0.15, 0.2) is 9.84 Å². The van der Waals surface area contributed by atoms with Gasteiger partial charge in [0.2, 0.25) is 0 Å². The Kier molecular flexibility index (Phi) is 2.55. The van der Waals surface area contributed by atoms with Crippen LogP contribution in [0, 0.1) is 0 Å². The summed E-state index contributed by atoms with van der Waals surface area (Å²) in [6.45, 7) is 3.39. The van der Waals surface area contributed by atoms with E-state index in [0.29, 0.717) is 11.3 Å². The highest BCUT2D eigenvalue weighted by Crippen LogP contribution is 2.18. The summed E-state index contributed by atoms with van der Waals surface area (Å²) in [5, 5.41) is -0.330. The van der Waals surface area contributed by atoms with Crippen LogP contribution in [-0.2, 0) is 9.84 Å². The Labute approximate surface area is 73.2 Å². The van der Waals surface area contributed by atoms with Gasteiger partial charge in [0.25, 0.3) is 0 Å². The van der Waals surface area contributed by atoms with Crippen molar-refractivity contribution in [3.8, 4) is 0 Å². The van der Waals surface area contributed by atoms with E-state index in [-0.39, 0.29) is 5.25 Å². The van der Waals surface area contributed by atoms with Crippen molar-refractivity contribution in [1.82, 2.24) is 0 Å². The highest BCUT2D eigenvalue weighted by Gasteiger charge is 2.20. The second-order valence-electron chi connectivity index (χ2n) is 2.97. The Bertz CT molecular complexity index is 352. The van der Waals surface area contributed by atoms with Crippen LogP contribution >= 0.6 is 0 Å². The van der Waals surface area contributed by atoms with Crippen molar-refractivity contribution in [2.45, 2.75) is 25.5 Å². The Morgan fingerprint density at radius 1 is 1.50 bits per heavy atom. The molecule has 0 aliphatic heterocycles. The first-order valence-corrected chi connectivity index (χ1v) is 5.44. The molecule has 0 radical (unpaired) electrons. The molecule has 0 bridgehead atoms. The first-order valence-electron chi connectivity index (χ1n) is 3.89. The third kappa shape index (κ3) is 1.68. The summed E-state index contributed by atoms with van der Waals surface area (Å²) in [7, 11) is -3.04. The van der Waals surface area contributed by atoms with Gasteiger partial charge in [0, 0.05) is 11.3 Å². The molecule has 0 aromatic rings. The summed E-state index contributed by atoms with van der Waals surface area (Å²) in [5.41, 5.74) is 2.83. The summed E-state index contributed by atoms with van der Waals surface area (Å²) >= 11 is 0. The number of hydrogen-bond acceptors (Lipinski definition) is 2. The lowest BCUT2D eigenvalue weighted by atomic mass is 10.3. The van der Waals surface area contributed by atoms with Crippen molar-refractivity contribution in [3.05, 3.63) is 28.9 Å².